The third-order valence-corrected chi connectivity index (χ3v) is 2.22. The van der Waals surface area contributed by atoms with E-state index in [9.17, 15) is 18.0 Å². The topological polar surface area (TPSA) is 80.9 Å². The SMILES string of the molecule is CC(C)(C(=O)O)n1nnnc1CCC(F)(F)F. The standard InChI is InChI=1S/C8H11F3N4O2/c1-7(2,6(16)17)15-5(12-13-14-15)3-4-8(9,10)11/h3-4H2,1-2H3,(H,16,17). The molecule has 0 unspecified atom stereocenters. The van der Waals surface area contributed by atoms with Crippen molar-refractivity contribution in [1.82, 2.24) is 20.2 Å². The zero-order chi connectivity index (χ0) is 13.3. The summed E-state index contributed by atoms with van der Waals surface area (Å²) in [6.45, 7) is 2.62. The smallest absolute Gasteiger partial charge is 0.389 e. The molecule has 1 aromatic heterocycles. The molecular weight excluding hydrogens is 241 g/mol. The van der Waals surface area contributed by atoms with Crippen molar-refractivity contribution in [3.63, 3.8) is 0 Å². The molecule has 0 atom stereocenters. The fourth-order valence-corrected chi connectivity index (χ4v) is 1.14. The van der Waals surface area contributed by atoms with Gasteiger partial charge < -0.3 is 5.11 Å². The van der Waals surface area contributed by atoms with Crippen molar-refractivity contribution in [3.05, 3.63) is 5.82 Å². The predicted molar refractivity (Wildman–Crippen MR) is 49.2 cm³/mol. The molecule has 0 bridgehead atoms. The molecule has 96 valence electrons. The van der Waals surface area contributed by atoms with Gasteiger partial charge in [-0.05, 0) is 24.3 Å². The van der Waals surface area contributed by atoms with Crippen molar-refractivity contribution in [2.75, 3.05) is 0 Å². The van der Waals surface area contributed by atoms with Crippen LogP contribution in [0.4, 0.5) is 13.2 Å². The molecule has 0 aliphatic rings. The minimum absolute atomic E-state index is 0.102. The fraction of sp³-hybridized carbons (Fsp3) is 0.750. The summed E-state index contributed by atoms with van der Waals surface area (Å²) in [5.41, 5.74) is -1.48. The van der Waals surface area contributed by atoms with Crippen LogP contribution in [0.1, 0.15) is 26.1 Å². The molecule has 0 aliphatic carbocycles. The van der Waals surface area contributed by atoms with Crippen molar-refractivity contribution < 1.29 is 23.1 Å². The van der Waals surface area contributed by atoms with Gasteiger partial charge in [-0.2, -0.15) is 13.2 Å². The van der Waals surface area contributed by atoms with Gasteiger partial charge in [-0.1, -0.05) is 0 Å². The van der Waals surface area contributed by atoms with Crippen LogP contribution in [0.25, 0.3) is 0 Å². The number of hydrogen-bond acceptors (Lipinski definition) is 4. The van der Waals surface area contributed by atoms with E-state index in [4.69, 9.17) is 5.11 Å². The highest BCUT2D eigenvalue weighted by atomic mass is 19.4. The Kier molecular flexibility index (Phi) is 3.39. The second-order valence-corrected chi connectivity index (χ2v) is 3.99. The van der Waals surface area contributed by atoms with E-state index < -0.39 is 30.5 Å². The lowest BCUT2D eigenvalue weighted by molar-refractivity contribution is -0.146. The molecule has 0 spiro atoms. The first-order valence-electron chi connectivity index (χ1n) is 4.72. The number of alkyl halides is 3. The van der Waals surface area contributed by atoms with Gasteiger partial charge in [0.1, 0.15) is 0 Å². The van der Waals surface area contributed by atoms with Crippen molar-refractivity contribution in [3.8, 4) is 0 Å². The third-order valence-electron chi connectivity index (χ3n) is 2.22. The van der Waals surface area contributed by atoms with Gasteiger partial charge in [0, 0.05) is 6.42 Å². The summed E-state index contributed by atoms with van der Waals surface area (Å²) in [4.78, 5) is 10.9. The summed E-state index contributed by atoms with van der Waals surface area (Å²) in [6, 6.07) is 0. The van der Waals surface area contributed by atoms with E-state index in [-0.39, 0.29) is 5.82 Å². The van der Waals surface area contributed by atoms with Gasteiger partial charge in [0.25, 0.3) is 0 Å². The number of carbonyl (C=O) groups is 1. The first-order chi connectivity index (χ1) is 7.64. The Balaban J connectivity index is 2.90. The molecule has 1 N–H and O–H groups in total. The van der Waals surface area contributed by atoms with Gasteiger partial charge in [0.05, 0.1) is 6.42 Å². The predicted octanol–water partition coefficient (Wildman–Crippen LogP) is 0.988. The lowest BCUT2D eigenvalue weighted by Crippen LogP contribution is -2.38. The zero-order valence-electron chi connectivity index (χ0n) is 9.19. The number of halogens is 3. The average Bonchev–Trinajstić information content (AvgIpc) is 2.61. The molecule has 9 heteroatoms. The molecule has 0 amide bonds. The number of carboxylic acid groups (broad SMARTS) is 1. The van der Waals surface area contributed by atoms with Crippen LogP contribution in [-0.4, -0.2) is 37.5 Å². The maximum Gasteiger partial charge on any atom is 0.389 e. The van der Waals surface area contributed by atoms with Crippen LogP contribution in [0, 0.1) is 0 Å². The first kappa shape index (κ1) is 13.4. The molecular formula is C8H11F3N4O2. The van der Waals surface area contributed by atoms with E-state index in [1.165, 1.54) is 13.8 Å². The van der Waals surface area contributed by atoms with E-state index in [0.29, 0.717) is 0 Å². The molecule has 6 nitrogen and oxygen atoms in total. The van der Waals surface area contributed by atoms with E-state index >= 15 is 0 Å². The van der Waals surface area contributed by atoms with Crippen molar-refractivity contribution in [2.24, 2.45) is 0 Å². The molecule has 0 radical (unpaired) electrons. The van der Waals surface area contributed by atoms with E-state index in [1.807, 2.05) is 0 Å². The van der Waals surface area contributed by atoms with Crippen LogP contribution in [0.15, 0.2) is 0 Å². The van der Waals surface area contributed by atoms with Crippen molar-refractivity contribution in [1.29, 1.82) is 0 Å². The summed E-state index contributed by atoms with van der Waals surface area (Å²) in [6.07, 6.45) is -5.87. The van der Waals surface area contributed by atoms with Gasteiger partial charge in [0.2, 0.25) is 0 Å². The fourth-order valence-electron chi connectivity index (χ4n) is 1.14. The van der Waals surface area contributed by atoms with Gasteiger partial charge in [-0.15, -0.1) is 5.10 Å². The number of hydrogen-bond donors (Lipinski definition) is 1. The quantitative estimate of drug-likeness (QED) is 0.864. The summed E-state index contributed by atoms with van der Waals surface area (Å²) >= 11 is 0. The van der Waals surface area contributed by atoms with Gasteiger partial charge in [-0.25, -0.2) is 9.48 Å². The van der Waals surface area contributed by atoms with Crippen LogP contribution in [0.3, 0.4) is 0 Å². The van der Waals surface area contributed by atoms with Gasteiger partial charge >= 0.3 is 12.1 Å². The minimum Gasteiger partial charge on any atom is -0.479 e. The maximum atomic E-state index is 12.0. The summed E-state index contributed by atoms with van der Waals surface area (Å²) in [7, 11) is 0. The van der Waals surface area contributed by atoms with E-state index in [1.54, 1.807) is 0 Å². The Hall–Kier alpha value is -1.67. The molecule has 17 heavy (non-hydrogen) atoms. The third kappa shape index (κ3) is 3.14. The molecule has 1 heterocycles. The number of aliphatic carboxylic acids is 1. The number of carboxylic acids is 1. The van der Waals surface area contributed by atoms with Crippen LogP contribution in [-0.2, 0) is 16.8 Å². The molecule has 0 fully saturated rings. The Morgan fingerprint density at radius 2 is 2.00 bits per heavy atom. The molecule has 1 rings (SSSR count). The lowest BCUT2D eigenvalue weighted by Gasteiger charge is -2.20. The number of aromatic nitrogens is 4. The normalized spacial score (nSPS) is 12.8. The highest BCUT2D eigenvalue weighted by molar-refractivity contribution is 5.75. The van der Waals surface area contributed by atoms with Crippen LogP contribution in [0.5, 0.6) is 0 Å². The first-order valence-corrected chi connectivity index (χ1v) is 4.72. The highest BCUT2D eigenvalue weighted by Gasteiger charge is 2.35. The number of nitrogens with zero attached hydrogens (tertiary/aromatic N) is 4. The Labute approximate surface area is 94.4 Å². The van der Waals surface area contributed by atoms with Crippen LogP contribution >= 0.6 is 0 Å². The second-order valence-electron chi connectivity index (χ2n) is 3.99. The largest absolute Gasteiger partial charge is 0.479 e. The number of rotatable bonds is 4. The second kappa shape index (κ2) is 4.30. The summed E-state index contributed by atoms with van der Waals surface area (Å²) in [5, 5.41) is 19.0. The van der Waals surface area contributed by atoms with Crippen LogP contribution < -0.4 is 0 Å². The molecule has 0 saturated heterocycles. The molecule has 0 saturated carbocycles. The zero-order valence-corrected chi connectivity index (χ0v) is 9.19. The highest BCUT2D eigenvalue weighted by Crippen LogP contribution is 2.23. The van der Waals surface area contributed by atoms with E-state index in [2.05, 4.69) is 15.5 Å². The molecule has 0 aromatic carbocycles. The van der Waals surface area contributed by atoms with Crippen molar-refractivity contribution >= 4 is 5.97 Å². The number of aryl methyl sites for hydroxylation is 1. The minimum atomic E-state index is -4.33. The number of tetrazole rings is 1. The Bertz CT molecular complexity index is 413. The molecule has 1 aromatic rings. The van der Waals surface area contributed by atoms with Crippen LogP contribution in [0.2, 0.25) is 0 Å². The summed E-state index contributed by atoms with van der Waals surface area (Å²) < 4.78 is 37.0. The maximum absolute atomic E-state index is 12.0. The molecule has 0 aliphatic heterocycles. The van der Waals surface area contributed by atoms with E-state index in [0.717, 1.165) is 4.68 Å². The van der Waals surface area contributed by atoms with Gasteiger partial charge in [-0.3, -0.25) is 0 Å². The summed E-state index contributed by atoms with van der Waals surface area (Å²) in [5.74, 6) is -1.33. The monoisotopic (exact) mass is 252 g/mol. The van der Waals surface area contributed by atoms with Crippen molar-refractivity contribution in [2.45, 2.75) is 38.4 Å². The lowest BCUT2D eigenvalue weighted by atomic mass is 10.1. The van der Waals surface area contributed by atoms with Gasteiger partial charge in [0.15, 0.2) is 11.4 Å². The Morgan fingerprint density at radius 1 is 1.41 bits per heavy atom. The Morgan fingerprint density at radius 3 is 2.47 bits per heavy atom. The average molecular weight is 252 g/mol.